The molecule has 0 unspecified atom stereocenters. The number of pyridine rings is 1. The molecule has 1 rings (SSSR count). The maximum atomic E-state index is 12.8. The summed E-state index contributed by atoms with van der Waals surface area (Å²) in [4.78, 5) is 14.5. The van der Waals surface area contributed by atoms with Gasteiger partial charge in [0.2, 0.25) is 5.88 Å². The van der Waals surface area contributed by atoms with E-state index in [0.717, 1.165) is 7.11 Å². The second-order valence-electron chi connectivity index (χ2n) is 3.41. The van der Waals surface area contributed by atoms with Crippen LogP contribution in [0.5, 0.6) is 5.88 Å². The van der Waals surface area contributed by atoms with Gasteiger partial charge in [-0.2, -0.15) is 0 Å². The average molecular weight is 411 g/mol. The lowest BCUT2D eigenvalue weighted by atomic mass is 10.2. The summed E-state index contributed by atoms with van der Waals surface area (Å²) in [7, 11) is 1.05. The van der Waals surface area contributed by atoms with Crippen LogP contribution in [0.3, 0.4) is 0 Å². The van der Waals surface area contributed by atoms with Crippen molar-refractivity contribution in [1.82, 2.24) is 4.98 Å². The Kier molecular flexibility index (Phi) is 5.48. The highest BCUT2D eigenvalue weighted by Gasteiger charge is 2.33. The van der Waals surface area contributed by atoms with Gasteiger partial charge in [-0.05, 0) is 22.6 Å². The molecule has 10 heteroatoms. The highest BCUT2D eigenvalue weighted by Crippen LogP contribution is 2.31. The van der Waals surface area contributed by atoms with Crippen LogP contribution >= 0.6 is 22.6 Å². The van der Waals surface area contributed by atoms with Crippen LogP contribution in [0, 0.1) is 3.57 Å². The topological polar surface area (TPSA) is 48.4 Å². The van der Waals surface area contributed by atoms with Crippen molar-refractivity contribution in [3.8, 4) is 5.88 Å². The van der Waals surface area contributed by atoms with Crippen LogP contribution in [0.15, 0.2) is 6.07 Å². The van der Waals surface area contributed by atoms with Crippen LogP contribution in [-0.2, 0) is 16.0 Å². The van der Waals surface area contributed by atoms with E-state index >= 15 is 0 Å². The van der Waals surface area contributed by atoms with Gasteiger partial charge in [0.05, 0.1) is 19.2 Å². The Bertz CT molecular complexity index is 506. The van der Waals surface area contributed by atoms with Crippen LogP contribution in [0.2, 0.25) is 0 Å². The minimum atomic E-state index is -5.07. The highest BCUT2D eigenvalue weighted by molar-refractivity contribution is 14.1. The summed E-state index contributed by atoms with van der Waals surface area (Å²) in [5.74, 6) is -1.87. The van der Waals surface area contributed by atoms with Gasteiger partial charge in [-0.15, -0.1) is 13.2 Å². The average Bonchev–Trinajstić information content (AvgIpc) is 2.30. The number of hydrogen-bond donors (Lipinski definition) is 0. The van der Waals surface area contributed by atoms with Crippen molar-refractivity contribution in [1.29, 1.82) is 0 Å². The van der Waals surface area contributed by atoms with Crippen molar-refractivity contribution < 1.29 is 36.2 Å². The van der Waals surface area contributed by atoms with E-state index < -0.39 is 36.6 Å². The fourth-order valence-corrected chi connectivity index (χ4v) is 1.94. The molecule has 0 radical (unpaired) electrons. The van der Waals surface area contributed by atoms with Crippen molar-refractivity contribution in [2.45, 2.75) is 19.2 Å². The largest absolute Gasteiger partial charge is 0.574 e. The first-order valence-corrected chi connectivity index (χ1v) is 6.02. The normalized spacial score (nSPS) is 11.6. The van der Waals surface area contributed by atoms with Gasteiger partial charge in [-0.1, -0.05) is 0 Å². The summed E-state index contributed by atoms with van der Waals surface area (Å²) in [5.41, 5.74) is -0.965. The van der Waals surface area contributed by atoms with E-state index in [1.807, 2.05) is 0 Å². The Labute approximate surface area is 123 Å². The molecule has 0 bridgehead atoms. The number of ether oxygens (including phenoxy) is 2. The summed E-state index contributed by atoms with van der Waals surface area (Å²) < 4.78 is 69.5. The van der Waals surface area contributed by atoms with Crippen LogP contribution in [-0.4, -0.2) is 24.4 Å². The third-order valence-corrected chi connectivity index (χ3v) is 3.27. The van der Waals surface area contributed by atoms with Crippen LogP contribution in [0.4, 0.5) is 22.0 Å². The fraction of sp³-hybridized carbons (Fsp3) is 0.400. The molecule has 0 aliphatic rings. The van der Waals surface area contributed by atoms with Gasteiger partial charge < -0.3 is 9.47 Å². The predicted octanol–water partition coefficient (Wildman–Crippen LogP) is 3.24. The molecule has 0 spiro atoms. The Morgan fingerprint density at radius 2 is 2.05 bits per heavy atom. The van der Waals surface area contributed by atoms with E-state index in [1.165, 1.54) is 22.6 Å². The zero-order chi connectivity index (χ0) is 15.5. The lowest BCUT2D eigenvalue weighted by Crippen LogP contribution is -2.19. The molecule has 0 saturated heterocycles. The van der Waals surface area contributed by atoms with E-state index in [1.54, 1.807) is 0 Å². The molecule has 0 aromatic carbocycles. The number of nitrogens with zero attached hydrogens (tertiary/aromatic N) is 1. The van der Waals surface area contributed by atoms with E-state index in [4.69, 9.17) is 0 Å². The molecule has 4 nitrogen and oxygen atoms in total. The van der Waals surface area contributed by atoms with Gasteiger partial charge in [-0.25, -0.2) is 13.8 Å². The number of carbonyl (C=O) groups excluding carboxylic acids is 1. The van der Waals surface area contributed by atoms with Crippen molar-refractivity contribution >= 4 is 28.6 Å². The zero-order valence-corrected chi connectivity index (χ0v) is 12.0. The summed E-state index contributed by atoms with van der Waals surface area (Å²) in [6.45, 7) is 0. The third kappa shape index (κ3) is 4.72. The van der Waals surface area contributed by atoms with Crippen molar-refractivity contribution in [2.75, 3.05) is 7.11 Å². The van der Waals surface area contributed by atoms with E-state index in [9.17, 15) is 26.7 Å². The van der Waals surface area contributed by atoms with Gasteiger partial charge >= 0.3 is 12.3 Å². The van der Waals surface area contributed by atoms with Gasteiger partial charge in [0.15, 0.2) is 0 Å². The molecule has 1 aromatic heterocycles. The fourth-order valence-electron chi connectivity index (χ4n) is 1.23. The summed E-state index contributed by atoms with van der Waals surface area (Å²) in [6, 6.07) is 0.487. The summed E-state index contributed by atoms with van der Waals surface area (Å²) in [6.07, 6.45) is -8.64. The molecule has 1 aromatic rings. The SMILES string of the molecule is COC(=O)Cc1nc(OC(F)(F)F)cc(C(F)F)c1I. The zero-order valence-electron chi connectivity index (χ0n) is 9.80. The smallest absolute Gasteiger partial charge is 0.469 e. The third-order valence-electron chi connectivity index (χ3n) is 2.03. The number of hydrogen-bond acceptors (Lipinski definition) is 4. The Morgan fingerprint density at radius 1 is 1.45 bits per heavy atom. The first-order valence-electron chi connectivity index (χ1n) is 4.94. The first kappa shape index (κ1) is 16.9. The van der Waals surface area contributed by atoms with Gasteiger partial charge in [-0.3, -0.25) is 4.79 Å². The number of carbonyl (C=O) groups is 1. The minimum Gasteiger partial charge on any atom is -0.469 e. The van der Waals surface area contributed by atoms with Crippen molar-refractivity contribution in [3.63, 3.8) is 0 Å². The Hall–Kier alpha value is -1.20. The number of rotatable bonds is 4. The van der Waals surface area contributed by atoms with Crippen LogP contribution in [0.1, 0.15) is 17.7 Å². The molecular weight excluding hydrogens is 404 g/mol. The van der Waals surface area contributed by atoms with Gasteiger partial charge in [0, 0.05) is 15.2 Å². The van der Waals surface area contributed by atoms with Gasteiger partial charge in [0.25, 0.3) is 6.43 Å². The predicted molar refractivity (Wildman–Crippen MR) is 64.3 cm³/mol. The molecule has 112 valence electrons. The van der Waals surface area contributed by atoms with E-state index in [0.29, 0.717) is 6.07 Å². The molecule has 0 N–H and O–H groups in total. The molecular formula is C10H7F5INO3. The lowest BCUT2D eigenvalue weighted by Gasteiger charge is -2.13. The molecule has 0 aliphatic heterocycles. The molecule has 0 fully saturated rings. The molecule has 20 heavy (non-hydrogen) atoms. The summed E-state index contributed by atoms with van der Waals surface area (Å²) in [5, 5.41) is 0. The van der Waals surface area contributed by atoms with Crippen molar-refractivity contribution in [2.24, 2.45) is 0 Å². The van der Waals surface area contributed by atoms with Gasteiger partial charge in [0.1, 0.15) is 0 Å². The van der Waals surface area contributed by atoms with Crippen LogP contribution < -0.4 is 4.74 Å². The molecule has 0 amide bonds. The second kappa shape index (κ2) is 6.50. The number of halogens is 6. The first-order chi connectivity index (χ1) is 9.14. The number of esters is 1. The highest BCUT2D eigenvalue weighted by atomic mass is 127. The maximum Gasteiger partial charge on any atom is 0.574 e. The second-order valence-corrected chi connectivity index (χ2v) is 4.49. The minimum absolute atomic E-state index is 0.113. The molecule has 0 atom stereocenters. The van der Waals surface area contributed by atoms with Crippen LogP contribution in [0.25, 0.3) is 0 Å². The molecule has 0 saturated carbocycles. The lowest BCUT2D eigenvalue weighted by molar-refractivity contribution is -0.276. The summed E-state index contributed by atoms with van der Waals surface area (Å²) >= 11 is 1.47. The molecule has 0 aliphatic carbocycles. The number of methoxy groups -OCH3 is 1. The quantitative estimate of drug-likeness (QED) is 0.434. The van der Waals surface area contributed by atoms with E-state index in [2.05, 4.69) is 14.5 Å². The standard InChI is InChI=1S/C10H7F5INO3/c1-19-7(18)3-5-8(16)4(9(11)12)2-6(17-5)20-10(13,14)15/h2,9H,3H2,1H3. The van der Waals surface area contributed by atoms with Crippen molar-refractivity contribution in [3.05, 3.63) is 20.9 Å². The van der Waals surface area contributed by atoms with E-state index in [-0.39, 0.29) is 9.26 Å². The number of alkyl halides is 5. The monoisotopic (exact) mass is 411 g/mol. The Morgan fingerprint density at radius 3 is 2.50 bits per heavy atom. The number of aromatic nitrogens is 1. The Balaban J connectivity index is 3.24. The maximum absolute atomic E-state index is 12.8. The molecule has 1 heterocycles.